The summed E-state index contributed by atoms with van der Waals surface area (Å²) < 4.78 is 15.1. The molecule has 0 heterocycles. The predicted molar refractivity (Wildman–Crippen MR) is 51.0 cm³/mol. The van der Waals surface area contributed by atoms with E-state index in [1.165, 1.54) is 6.08 Å². The lowest BCUT2D eigenvalue weighted by Crippen LogP contribution is -2.24. The van der Waals surface area contributed by atoms with Crippen molar-refractivity contribution in [1.82, 2.24) is 0 Å². The van der Waals surface area contributed by atoms with Gasteiger partial charge in [0, 0.05) is 5.57 Å². The van der Waals surface area contributed by atoms with Gasteiger partial charge in [0.2, 0.25) is 0 Å². The Bertz CT molecular complexity index is 330. The average molecular weight is 236 g/mol. The van der Waals surface area contributed by atoms with E-state index in [2.05, 4.69) is 4.52 Å². The summed E-state index contributed by atoms with van der Waals surface area (Å²) in [4.78, 5) is 27.9. The Morgan fingerprint density at radius 1 is 1.60 bits per heavy atom. The first-order valence-corrected chi connectivity index (χ1v) is 6.00. The lowest BCUT2D eigenvalue weighted by Gasteiger charge is -2.26. The molecule has 0 radical (unpaired) electrons. The van der Waals surface area contributed by atoms with Crippen molar-refractivity contribution in [3.63, 3.8) is 0 Å². The summed E-state index contributed by atoms with van der Waals surface area (Å²) in [7, 11) is -4.57. The van der Waals surface area contributed by atoms with E-state index < -0.39 is 19.9 Å². The van der Waals surface area contributed by atoms with Crippen molar-refractivity contribution < 1.29 is 28.8 Å². The molecule has 0 saturated carbocycles. The zero-order chi connectivity index (χ0) is 11.6. The SMILES string of the molecule is CC1CCC(C(=O)O)=CC1OP(=O)(O)O. The van der Waals surface area contributed by atoms with Gasteiger partial charge < -0.3 is 14.9 Å². The lowest BCUT2D eigenvalue weighted by atomic mass is 9.89. The third-order valence-corrected chi connectivity index (χ3v) is 2.85. The van der Waals surface area contributed by atoms with E-state index in [1.807, 2.05) is 0 Å². The summed E-state index contributed by atoms with van der Waals surface area (Å²) in [5.41, 5.74) is 0.145. The molecule has 0 spiro atoms. The number of carboxylic acid groups (broad SMARTS) is 1. The lowest BCUT2D eigenvalue weighted by molar-refractivity contribution is -0.133. The number of hydrogen-bond donors (Lipinski definition) is 3. The van der Waals surface area contributed by atoms with E-state index in [1.54, 1.807) is 6.92 Å². The molecule has 0 fully saturated rings. The summed E-state index contributed by atoms with van der Waals surface area (Å²) >= 11 is 0. The molecule has 0 aromatic rings. The average Bonchev–Trinajstić information content (AvgIpc) is 2.06. The van der Waals surface area contributed by atoms with Gasteiger partial charge in [-0.25, -0.2) is 9.36 Å². The fourth-order valence-electron chi connectivity index (χ4n) is 1.46. The van der Waals surface area contributed by atoms with Crippen LogP contribution in [0, 0.1) is 5.92 Å². The fourth-order valence-corrected chi connectivity index (χ4v) is 2.05. The van der Waals surface area contributed by atoms with Gasteiger partial charge in [0.15, 0.2) is 0 Å². The number of aliphatic carboxylic acids is 1. The van der Waals surface area contributed by atoms with Gasteiger partial charge in [-0.1, -0.05) is 6.92 Å². The van der Waals surface area contributed by atoms with Crippen LogP contribution in [-0.2, 0) is 13.9 Å². The van der Waals surface area contributed by atoms with Crippen molar-refractivity contribution in [2.45, 2.75) is 25.9 Å². The highest BCUT2D eigenvalue weighted by atomic mass is 31.2. The van der Waals surface area contributed by atoms with Gasteiger partial charge in [0.1, 0.15) is 0 Å². The van der Waals surface area contributed by atoms with E-state index in [9.17, 15) is 9.36 Å². The highest BCUT2D eigenvalue weighted by molar-refractivity contribution is 7.46. The molecule has 0 aromatic heterocycles. The van der Waals surface area contributed by atoms with Crippen LogP contribution in [0.1, 0.15) is 19.8 Å². The topological polar surface area (TPSA) is 104 Å². The third-order valence-electron chi connectivity index (χ3n) is 2.33. The maximum absolute atomic E-state index is 10.7. The Kier molecular flexibility index (Phi) is 3.67. The van der Waals surface area contributed by atoms with E-state index in [4.69, 9.17) is 14.9 Å². The standard InChI is InChI=1S/C8H13O6P/c1-5-2-3-6(8(9)10)4-7(5)14-15(11,12)13/h4-5,7H,2-3H2,1H3,(H,9,10)(H2,11,12,13). The first kappa shape index (κ1) is 12.4. The summed E-state index contributed by atoms with van der Waals surface area (Å²) in [5.74, 6) is -1.16. The molecular weight excluding hydrogens is 223 g/mol. The van der Waals surface area contributed by atoms with Crippen LogP contribution in [0.4, 0.5) is 0 Å². The number of phosphoric ester groups is 1. The molecule has 7 heteroatoms. The van der Waals surface area contributed by atoms with E-state index in [0.29, 0.717) is 12.8 Å². The third kappa shape index (κ3) is 3.76. The van der Waals surface area contributed by atoms with Gasteiger partial charge in [-0.15, -0.1) is 0 Å². The largest absolute Gasteiger partial charge is 0.478 e. The van der Waals surface area contributed by atoms with E-state index in [-0.39, 0.29) is 11.5 Å². The highest BCUT2D eigenvalue weighted by Crippen LogP contribution is 2.41. The van der Waals surface area contributed by atoms with Crippen LogP contribution in [0.5, 0.6) is 0 Å². The van der Waals surface area contributed by atoms with E-state index >= 15 is 0 Å². The van der Waals surface area contributed by atoms with Gasteiger partial charge in [0.25, 0.3) is 0 Å². The van der Waals surface area contributed by atoms with Crippen LogP contribution < -0.4 is 0 Å². The maximum atomic E-state index is 10.7. The van der Waals surface area contributed by atoms with Crippen molar-refractivity contribution in [3.05, 3.63) is 11.6 Å². The Hall–Kier alpha value is -0.680. The molecule has 0 aliphatic heterocycles. The second-order valence-electron chi connectivity index (χ2n) is 3.57. The fraction of sp³-hybridized carbons (Fsp3) is 0.625. The van der Waals surface area contributed by atoms with Gasteiger partial charge in [-0.05, 0) is 24.8 Å². The molecular formula is C8H13O6P. The quantitative estimate of drug-likeness (QED) is 0.629. The smallest absolute Gasteiger partial charge is 0.470 e. The zero-order valence-electron chi connectivity index (χ0n) is 8.16. The van der Waals surface area contributed by atoms with Crippen molar-refractivity contribution in [2.75, 3.05) is 0 Å². The summed E-state index contributed by atoms with van der Waals surface area (Å²) in [6.45, 7) is 1.76. The summed E-state index contributed by atoms with van der Waals surface area (Å²) in [5, 5.41) is 8.72. The van der Waals surface area contributed by atoms with Gasteiger partial charge in [0.05, 0.1) is 6.10 Å². The number of rotatable bonds is 3. The maximum Gasteiger partial charge on any atom is 0.470 e. The number of carboxylic acids is 1. The molecule has 0 aromatic carbocycles. The van der Waals surface area contributed by atoms with Crippen molar-refractivity contribution >= 4 is 13.8 Å². The molecule has 3 N–H and O–H groups in total. The Balaban J connectivity index is 2.81. The molecule has 2 atom stereocenters. The molecule has 6 nitrogen and oxygen atoms in total. The van der Waals surface area contributed by atoms with Crippen LogP contribution in [0.3, 0.4) is 0 Å². The van der Waals surface area contributed by atoms with Gasteiger partial charge >= 0.3 is 13.8 Å². The van der Waals surface area contributed by atoms with Crippen molar-refractivity contribution in [3.8, 4) is 0 Å². The number of carbonyl (C=O) groups is 1. The summed E-state index contributed by atoms with van der Waals surface area (Å²) in [6.07, 6.45) is 1.39. The Morgan fingerprint density at radius 2 is 2.20 bits per heavy atom. The van der Waals surface area contributed by atoms with Crippen molar-refractivity contribution in [2.24, 2.45) is 5.92 Å². The Morgan fingerprint density at radius 3 is 2.67 bits per heavy atom. The zero-order valence-corrected chi connectivity index (χ0v) is 9.05. The van der Waals surface area contributed by atoms with Crippen molar-refractivity contribution in [1.29, 1.82) is 0 Å². The van der Waals surface area contributed by atoms with Crippen LogP contribution in [0.15, 0.2) is 11.6 Å². The Labute approximate surface area is 86.8 Å². The van der Waals surface area contributed by atoms with Crippen LogP contribution in [-0.4, -0.2) is 27.0 Å². The minimum absolute atomic E-state index is 0.0966. The first-order chi connectivity index (χ1) is 6.79. The predicted octanol–water partition coefficient (Wildman–Crippen LogP) is 0.905. The second-order valence-corrected chi connectivity index (χ2v) is 4.77. The normalized spacial score (nSPS) is 27.3. The van der Waals surface area contributed by atoms with Crippen LogP contribution in [0.25, 0.3) is 0 Å². The second kappa shape index (κ2) is 4.45. The molecule has 15 heavy (non-hydrogen) atoms. The monoisotopic (exact) mass is 236 g/mol. The molecule has 1 rings (SSSR count). The van der Waals surface area contributed by atoms with Gasteiger partial charge in [-0.2, -0.15) is 0 Å². The minimum atomic E-state index is -4.57. The molecule has 0 bridgehead atoms. The molecule has 1 aliphatic carbocycles. The molecule has 0 saturated heterocycles. The number of phosphoric acid groups is 1. The molecule has 1 aliphatic rings. The summed E-state index contributed by atoms with van der Waals surface area (Å²) in [6, 6.07) is 0. The highest BCUT2D eigenvalue weighted by Gasteiger charge is 2.29. The van der Waals surface area contributed by atoms with Crippen LogP contribution in [0.2, 0.25) is 0 Å². The number of hydrogen-bond acceptors (Lipinski definition) is 3. The van der Waals surface area contributed by atoms with Gasteiger partial charge in [-0.3, -0.25) is 4.52 Å². The van der Waals surface area contributed by atoms with E-state index in [0.717, 1.165) is 0 Å². The van der Waals surface area contributed by atoms with Crippen LogP contribution >= 0.6 is 7.82 Å². The molecule has 0 amide bonds. The molecule has 86 valence electrons. The first-order valence-electron chi connectivity index (χ1n) is 4.47. The molecule has 2 unspecified atom stereocenters. The minimum Gasteiger partial charge on any atom is -0.478 e.